The van der Waals surface area contributed by atoms with Crippen molar-refractivity contribution in [1.82, 2.24) is 0 Å². The molecular formula is C24H40O2. The van der Waals surface area contributed by atoms with Gasteiger partial charge in [-0.3, -0.25) is 4.79 Å². The molecule has 0 heterocycles. The highest BCUT2D eigenvalue weighted by Crippen LogP contribution is 2.67. The number of rotatable bonds is 6. The first kappa shape index (κ1) is 22.7. The van der Waals surface area contributed by atoms with Crippen LogP contribution in [0.2, 0.25) is 0 Å². The zero-order chi connectivity index (χ0) is 20.2. The largest absolute Gasteiger partial charge is 0.460 e. The number of carbonyl (C=O) groups excluding carboxylic acids is 1. The molecule has 2 atom stereocenters. The molecule has 0 saturated heterocycles. The normalized spacial score (nSPS) is 22.0. The van der Waals surface area contributed by atoms with E-state index in [-0.39, 0.29) is 6.10 Å². The highest BCUT2D eigenvalue weighted by atomic mass is 16.5. The maximum Gasteiger partial charge on any atom is 0.293 e. The lowest BCUT2D eigenvalue weighted by molar-refractivity contribution is -0.133. The van der Waals surface area contributed by atoms with Crippen molar-refractivity contribution in [1.29, 1.82) is 0 Å². The Morgan fingerprint density at radius 3 is 2.00 bits per heavy atom. The molecule has 1 fully saturated rings. The molecule has 2 nitrogen and oxygen atoms in total. The van der Waals surface area contributed by atoms with E-state index in [9.17, 15) is 4.79 Å². The van der Waals surface area contributed by atoms with Crippen LogP contribution in [0.25, 0.3) is 0 Å². The van der Waals surface area contributed by atoms with Gasteiger partial charge in [-0.25, -0.2) is 0 Å². The lowest BCUT2D eigenvalue weighted by Crippen LogP contribution is -2.15. The van der Waals surface area contributed by atoms with E-state index in [2.05, 4.69) is 67.5 Å². The summed E-state index contributed by atoms with van der Waals surface area (Å²) >= 11 is 0. The summed E-state index contributed by atoms with van der Waals surface area (Å²) in [5.74, 6) is 0. The highest BCUT2D eigenvalue weighted by Gasteiger charge is 2.57. The zero-order valence-electron chi connectivity index (χ0n) is 18.5. The van der Waals surface area contributed by atoms with Crippen molar-refractivity contribution in [2.24, 2.45) is 16.2 Å². The van der Waals surface area contributed by atoms with Gasteiger partial charge in [0, 0.05) is 0 Å². The molecule has 0 spiro atoms. The van der Waals surface area contributed by atoms with Crippen LogP contribution in [-0.4, -0.2) is 6.47 Å². The summed E-state index contributed by atoms with van der Waals surface area (Å²) in [6.45, 7) is 20.9. The van der Waals surface area contributed by atoms with Crippen LogP contribution in [0.5, 0.6) is 0 Å². The molecule has 1 saturated carbocycles. The average molecular weight is 361 g/mol. The molecule has 0 aromatic heterocycles. The second kappa shape index (κ2) is 8.59. The Hall–Kier alpha value is -1.31. The Balaban J connectivity index is 0.000000273. The lowest BCUT2D eigenvalue weighted by Gasteiger charge is -2.25. The second-order valence-electron chi connectivity index (χ2n) is 9.97. The third-order valence-corrected chi connectivity index (χ3v) is 5.98. The summed E-state index contributed by atoms with van der Waals surface area (Å²) in [6.07, 6.45) is 4.69. The zero-order valence-corrected chi connectivity index (χ0v) is 18.5. The van der Waals surface area contributed by atoms with Gasteiger partial charge in [0.2, 0.25) is 0 Å². The number of hydrogen-bond acceptors (Lipinski definition) is 2. The van der Waals surface area contributed by atoms with E-state index in [4.69, 9.17) is 4.74 Å². The van der Waals surface area contributed by atoms with Crippen LogP contribution < -0.4 is 0 Å². The van der Waals surface area contributed by atoms with Crippen molar-refractivity contribution < 1.29 is 9.53 Å². The third-order valence-electron chi connectivity index (χ3n) is 5.98. The van der Waals surface area contributed by atoms with E-state index in [1.165, 1.54) is 24.0 Å². The van der Waals surface area contributed by atoms with E-state index in [0.29, 0.717) is 22.7 Å². The number of carbonyl (C=O) groups is 1. The molecule has 2 heteroatoms. The molecule has 0 radical (unpaired) electrons. The summed E-state index contributed by atoms with van der Waals surface area (Å²) in [6, 6.07) is 6.29. The molecule has 0 aliphatic heterocycles. The van der Waals surface area contributed by atoms with Crippen LogP contribution in [0.3, 0.4) is 0 Å². The van der Waals surface area contributed by atoms with Gasteiger partial charge in [0.15, 0.2) is 0 Å². The number of ether oxygens (including phenoxy) is 1. The van der Waals surface area contributed by atoms with E-state index < -0.39 is 0 Å². The first-order valence-corrected chi connectivity index (χ1v) is 10.1. The predicted molar refractivity (Wildman–Crippen MR) is 111 cm³/mol. The van der Waals surface area contributed by atoms with Gasteiger partial charge in [-0.05, 0) is 65.5 Å². The monoisotopic (exact) mass is 360 g/mol. The lowest BCUT2D eigenvalue weighted by atomic mass is 9.80. The molecule has 1 aromatic carbocycles. The average Bonchev–Trinajstić information content (AvgIpc) is 3.02. The van der Waals surface area contributed by atoms with Crippen LogP contribution in [0.15, 0.2) is 18.2 Å². The number of aryl methyl sites for hydroxylation is 2. The smallest absolute Gasteiger partial charge is 0.293 e. The fraction of sp³-hybridized carbons (Fsp3) is 0.708. The second-order valence-corrected chi connectivity index (χ2v) is 9.97. The fourth-order valence-electron chi connectivity index (χ4n) is 4.14. The van der Waals surface area contributed by atoms with Gasteiger partial charge in [-0.1, -0.05) is 73.6 Å². The van der Waals surface area contributed by atoms with Crippen molar-refractivity contribution in [3.8, 4) is 0 Å². The molecule has 148 valence electrons. The molecule has 1 aliphatic rings. The van der Waals surface area contributed by atoms with E-state index >= 15 is 0 Å². The van der Waals surface area contributed by atoms with Crippen molar-refractivity contribution in [3.63, 3.8) is 0 Å². The minimum atomic E-state index is -0.154. The van der Waals surface area contributed by atoms with Gasteiger partial charge >= 0.3 is 0 Å². The summed E-state index contributed by atoms with van der Waals surface area (Å²) < 4.78 is 4.92. The van der Waals surface area contributed by atoms with Crippen molar-refractivity contribution in [2.45, 2.75) is 94.1 Å². The molecule has 2 rings (SSSR count). The Bertz CT molecular complexity index is 595. The van der Waals surface area contributed by atoms with Gasteiger partial charge in [-0.2, -0.15) is 0 Å². The molecule has 0 N–H and O–H groups in total. The first-order valence-electron chi connectivity index (χ1n) is 10.1. The number of benzene rings is 1. The maximum absolute atomic E-state index is 10.2. The summed E-state index contributed by atoms with van der Waals surface area (Å²) in [4.78, 5) is 10.2. The topological polar surface area (TPSA) is 26.3 Å². The molecule has 1 aliphatic carbocycles. The Morgan fingerprint density at radius 1 is 1.12 bits per heavy atom. The van der Waals surface area contributed by atoms with Gasteiger partial charge in [0.05, 0.1) is 0 Å². The first-order chi connectivity index (χ1) is 11.9. The predicted octanol–water partition coefficient (Wildman–Crippen LogP) is 6.90. The minimum Gasteiger partial charge on any atom is -0.460 e. The van der Waals surface area contributed by atoms with Crippen LogP contribution >= 0.6 is 0 Å². The molecule has 0 amide bonds. The van der Waals surface area contributed by atoms with Gasteiger partial charge in [-0.15, -0.1) is 0 Å². The summed E-state index contributed by atoms with van der Waals surface area (Å²) in [7, 11) is 0. The van der Waals surface area contributed by atoms with Crippen molar-refractivity contribution >= 4 is 6.47 Å². The van der Waals surface area contributed by atoms with E-state index in [1.807, 2.05) is 13.0 Å². The highest BCUT2D eigenvalue weighted by molar-refractivity contribution is 5.39. The third kappa shape index (κ3) is 6.14. The van der Waals surface area contributed by atoms with Crippen LogP contribution in [0, 0.1) is 16.2 Å². The quantitative estimate of drug-likeness (QED) is 0.515. The van der Waals surface area contributed by atoms with Crippen LogP contribution in [0.1, 0.15) is 97.9 Å². The van der Waals surface area contributed by atoms with Crippen molar-refractivity contribution in [2.75, 3.05) is 0 Å². The Kier molecular flexibility index (Phi) is 7.51. The summed E-state index contributed by atoms with van der Waals surface area (Å²) in [5, 5.41) is 0. The SMILES string of the molecule is CC(C)(C)CC1(C)CC1(C)C.CCc1ccc(C(C)OC=O)cc1CC. The number of hydrogen-bond donors (Lipinski definition) is 0. The summed E-state index contributed by atoms with van der Waals surface area (Å²) in [5.41, 5.74) is 5.53. The van der Waals surface area contributed by atoms with Gasteiger partial charge in [0.25, 0.3) is 6.47 Å². The minimum absolute atomic E-state index is 0.154. The molecule has 2 unspecified atom stereocenters. The molecular weight excluding hydrogens is 320 g/mol. The van der Waals surface area contributed by atoms with E-state index in [0.717, 1.165) is 18.4 Å². The van der Waals surface area contributed by atoms with E-state index in [1.54, 1.807) is 0 Å². The Labute approximate surface area is 161 Å². The van der Waals surface area contributed by atoms with Gasteiger partial charge < -0.3 is 4.74 Å². The van der Waals surface area contributed by atoms with Gasteiger partial charge in [0.1, 0.15) is 6.10 Å². The standard InChI is InChI=1S/C13H18O2.C11H22/c1-4-11-6-7-13(8-12(11)5-2)10(3)15-9-14;1-9(2,3)7-11(6)8-10(11,4)5/h6-10H,4-5H2,1-3H3;7-8H2,1-6H3. The molecule has 26 heavy (non-hydrogen) atoms. The molecule has 0 bridgehead atoms. The van der Waals surface area contributed by atoms with Crippen LogP contribution in [0.4, 0.5) is 0 Å². The van der Waals surface area contributed by atoms with Crippen LogP contribution in [-0.2, 0) is 22.4 Å². The Morgan fingerprint density at radius 2 is 1.65 bits per heavy atom. The maximum atomic E-state index is 10.2. The molecule has 1 aromatic rings. The van der Waals surface area contributed by atoms with Crippen molar-refractivity contribution in [3.05, 3.63) is 34.9 Å². The fourth-order valence-corrected chi connectivity index (χ4v) is 4.14.